The van der Waals surface area contributed by atoms with E-state index in [-0.39, 0.29) is 5.41 Å². The highest BCUT2D eigenvalue weighted by atomic mass is 14.5. The molecule has 1 heteroatoms. The Bertz CT molecular complexity index is 2090. The maximum absolute atomic E-state index is 6.11. The number of fused-ring (bicyclic) bond motifs is 8. The third kappa shape index (κ3) is 2.33. The maximum Gasteiger partial charge on any atom is 0.0725 e. The van der Waals surface area contributed by atoms with Gasteiger partial charge in [-0.15, -0.1) is 0 Å². The monoisotopic (exact) mass is 481 g/mol. The van der Waals surface area contributed by atoms with Gasteiger partial charge in [-0.1, -0.05) is 103 Å². The van der Waals surface area contributed by atoms with Crippen molar-refractivity contribution >= 4 is 38.0 Å². The Morgan fingerprint density at radius 1 is 0.395 bits per heavy atom. The molecule has 0 radical (unpaired) electrons. The van der Waals surface area contributed by atoms with Gasteiger partial charge >= 0.3 is 0 Å². The topological polar surface area (TPSA) is 26.0 Å². The van der Waals surface area contributed by atoms with Gasteiger partial charge in [0.1, 0.15) is 0 Å². The molecule has 0 heterocycles. The van der Waals surface area contributed by atoms with Crippen LogP contribution < -0.4 is 5.73 Å². The molecule has 0 amide bonds. The smallest absolute Gasteiger partial charge is 0.0725 e. The summed E-state index contributed by atoms with van der Waals surface area (Å²) in [4.78, 5) is 0. The van der Waals surface area contributed by atoms with Gasteiger partial charge < -0.3 is 5.73 Å². The highest BCUT2D eigenvalue weighted by Crippen LogP contribution is 2.62. The molecule has 1 spiro atoms. The molecule has 2 aliphatic rings. The van der Waals surface area contributed by atoms with E-state index >= 15 is 0 Å². The van der Waals surface area contributed by atoms with Gasteiger partial charge in [0.15, 0.2) is 0 Å². The van der Waals surface area contributed by atoms with Crippen molar-refractivity contribution in [3.8, 4) is 22.3 Å². The minimum Gasteiger partial charge on any atom is -0.399 e. The molecule has 2 aliphatic carbocycles. The fraction of sp³-hybridized carbons (Fsp3) is 0.0270. The van der Waals surface area contributed by atoms with E-state index in [9.17, 15) is 0 Å². The van der Waals surface area contributed by atoms with Crippen molar-refractivity contribution in [1.29, 1.82) is 0 Å². The van der Waals surface area contributed by atoms with Gasteiger partial charge in [0.2, 0.25) is 0 Å². The molecule has 176 valence electrons. The fourth-order valence-electron chi connectivity index (χ4n) is 7.41. The van der Waals surface area contributed by atoms with Gasteiger partial charge in [0.05, 0.1) is 5.41 Å². The lowest BCUT2D eigenvalue weighted by molar-refractivity contribution is 0.797. The van der Waals surface area contributed by atoms with Gasteiger partial charge in [0, 0.05) is 5.69 Å². The number of anilines is 1. The predicted octanol–water partition coefficient (Wildman–Crippen LogP) is 9.07. The first-order valence-electron chi connectivity index (χ1n) is 13.2. The van der Waals surface area contributed by atoms with Crippen molar-refractivity contribution in [3.63, 3.8) is 0 Å². The molecule has 7 aromatic rings. The molecule has 0 atom stereocenters. The SMILES string of the molecule is Nc1ccc2ccc(-c3ccc4c(c3)-c3ccccc3C43c4cccc5ccc6cccc3c6c45)cc2c1. The molecule has 7 aromatic carbocycles. The molecule has 0 saturated carbocycles. The Morgan fingerprint density at radius 2 is 1.00 bits per heavy atom. The minimum atomic E-state index is -0.301. The summed E-state index contributed by atoms with van der Waals surface area (Å²) in [5.41, 5.74) is 17.3. The van der Waals surface area contributed by atoms with E-state index in [2.05, 4.69) is 121 Å². The summed E-state index contributed by atoms with van der Waals surface area (Å²) in [6, 6.07) is 47.2. The first kappa shape index (κ1) is 20.2. The number of hydrogen-bond donors (Lipinski definition) is 1. The molecular weight excluding hydrogens is 458 g/mol. The van der Waals surface area contributed by atoms with Crippen LogP contribution >= 0.6 is 0 Å². The van der Waals surface area contributed by atoms with E-state index in [1.54, 1.807) is 0 Å². The first-order chi connectivity index (χ1) is 18.7. The van der Waals surface area contributed by atoms with Gasteiger partial charge in [0.25, 0.3) is 0 Å². The Morgan fingerprint density at radius 3 is 1.79 bits per heavy atom. The second kappa shape index (κ2) is 6.90. The van der Waals surface area contributed by atoms with Crippen LogP contribution in [0.5, 0.6) is 0 Å². The summed E-state index contributed by atoms with van der Waals surface area (Å²) in [6.07, 6.45) is 0. The molecule has 0 saturated heterocycles. The standard InChI is InChI=1S/C37H23N/c38-28-17-15-22-11-14-25(19-27(22)20-28)26-16-18-32-30(21-26)29-7-1-2-8-31(29)37(32)33-9-3-5-23-12-13-24-6-4-10-34(37)36(24)35(23)33/h1-21H,38H2. The van der Waals surface area contributed by atoms with E-state index in [0.29, 0.717) is 0 Å². The third-order valence-electron chi connectivity index (χ3n) is 8.94. The Labute approximate surface area is 220 Å². The lowest BCUT2D eigenvalue weighted by Gasteiger charge is -2.30. The molecular formula is C37H23N. The zero-order chi connectivity index (χ0) is 25.0. The highest BCUT2D eigenvalue weighted by molar-refractivity contribution is 6.17. The van der Waals surface area contributed by atoms with Gasteiger partial charge in [-0.25, -0.2) is 0 Å². The Balaban J connectivity index is 1.36. The zero-order valence-corrected chi connectivity index (χ0v) is 20.7. The summed E-state index contributed by atoms with van der Waals surface area (Å²) in [5, 5.41) is 7.82. The largest absolute Gasteiger partial charge is 0.399 e. The Hall–Kier alpha value is -4.88. The summed E-state index contributed by atoms with van der Waals surface area (Å²) >= 11 is 0. The summed E-state index contributed by atoms with van der Waals surface area (Å²) in [7, 11) is 0. The van der Waals surface area contributed by atoms with E-state index in [1.807, 2.05) is 6.07 Å². The average Bonchev–Trinajstić information content (AvgIpc) is 3.43. The fourth-order valence-corrected chi connectivity index (χ4v) is 7.41. The van der Waals surface area contributed by atoms with Gasteiger partial charge in [-0.3, -0.25) is 0 Å². The van der Waals surface area contributed by atoms with Crippen molar-refractivity contribution < 1.29 is 0 Å². The van der Waals surface area contributed by atoms with Gasteiger partial charge in [-0.05, 0) is 101 Å². The second-order valence-corrected chi connectivity index (χ2v) is 10.8. The van der Waals surface area contributed by atoms with Crippen LogP contribution in [0, 0.1) is 0 Å². The van der Waals surface area contributed by atoms with Crippen LogP contribution in [0.2, 0.25) is 0 Å². The first-order valence-corrected chi connectivity index (χ1v) is 13.2. The molecule has 0 aliphatic heterocycles. The van der Waals surface area contributed by atoms with Crippen molar-refractivity contribution in [2.45, 2.75) is 5.41 Å². The van der Waals surface area contributed by atoms with Crippen molar-refractivity contribution in [2.75, 3.05) is 5.73 Å². The average molecular weight is 482 g/mol. The van der Waals surface area contributed by atoms with Crippen LogP contribution in [-0.4, -0.2) is 0 Å². The van der Waals surface area contributed by atoms with Crippen molar-refractivity contribution in [3.05, 3.63) is 150 Å². The van der Waals surface area contributed by atoms with Crippen LogP contribution in [0.4, 0.5) is 5.69 Å². The molecule has 9 rings (SSSR count). The summed E-state index contributed by atoms with van der Waals surface area (Å²) < 4.78 is 0. The lowest BCUT2D eigenvalue weighted by Crippen LogP contribution is -2.26. The van der Waals surface area contributed by atoms with Crippen LogP contribution in [0.25, 0.3) is 54.6 Å². The summed E-state index contributed by atoms with van der Waals surface area (Å²) in [5.74, 6) is 0. The number of rotatable bonds is 1. The molecule has 38 heavy (non-hydrogen) atoms. The number of benzene rings is 7. The van der Waals surface area contributed by atoms with Crippen LogP contribution in [0.3, 0.4) is 0 Å². The van der Waals surface area contributed by atoms with E-state index < -0.39 is 0 Å². The van der Waals surface area contributed by atoms with E-state index in [1.165, 1.54) is 76.8 Å². The molecule has 0 bridgehead atoms. The van der Waals surface area contributed by atoms with Crippen molar-refractivity contribution in [1.82, 2.24) is 0 Å². The molecule has 0 aromatic heterocycles. The Kier molecular flexibility index (Phi) is 3.67. The second-order valence-electron chi connectivity index (χ2n) is 10.8. The molecule has 0 unspecified atom stereocenters. The molecule has 0 fully saturated rings. The quantitative estimate of drug-likeness (QED) is 0.184. The molecule has 1 nitrogen and oxygen atoms in total. The normalized spacial score (nSPS) is 14.1. The minimum absolute atomic E-state index is 0.301. The van der Waals surface area contributed by atoms with Crippen LogP contribution in [0.1, 0.15) is 22.3 Å². The van der Waals surface area contributed by atoms with E-state index in [4.69, 9.17) is 5.73 Å². The number of nitrogen functional groups attached to an aromatic ring is 1. The van der Waals surface area contributed by atoms with Crippen LogP contribution in [0.15, 0.2) is 127 Å². The summed E-state index contributed by atoms with van der Waals surface area (Å²) in [6.45, 7) is 0. The molecule has 2 N–H and O–H groups in total. The highest BCUT2D eigenvalue weighted by Gasteiger charge is 2.50. The number of hydrogen-bond acceptors (Lipinski definition) is 1. The van der Waals surface area contributed by atoms with E-state index in [0.717, 1.165) is 5.69 Å². The van der Waals surface area contributed by atoms with Crippen LogP contribution in [-0.2, 0) is 5.41 Å². The van der Waals surface area contributed by atoms with Gasteiger partial charge in [-0.2, -0.15) is 0 Å². The lowest BCUT2D eigenvalue weighted by atomic mass is 9.70. The maximum atomic E-state index is 6.11. The predicted molar refractivity (Wildman–Crippen MR) is 160 cm³/mol. The zero-order valence-electron chi connectivity index (χ0n) is 20.7. The van der Waals surface area contributed by atoms with Crippen molar-refractivity contribution in [2.24, 2.45) is 0 Å². The number of nitrogens with two attached hydrogens (primary N) is 1. The third-order valence-corrected chi connectivity index (χ3v) is 8.94.